The van der Waals surface area contributed by atoms with E-state index in [1.807, 2.05) is 0 Å². The maximum atomic E-state index is 5.61. The van der Waals surface area contributed by atoms with Gasteiger partial charge in [0, 0.05) is 19.1 Å². The second-order valence-electron chi connectivity index (χ2n) is 2.87. The van der Waals surface area contributed by atoms with E-state index in [0.29, 0.717) is 6.04 Å². The average molecular weight is 153 g/mol. The Morgan fingerprint density at radius 1 is 1.55 bits per heavy atom. The number of nitrogens with zero attached hydrogens (tertiary/aromatic N) is 4. The zero-order chi connectivity index (χ0) is 7.68. The molecule has 1 fully saturated rings. The van der Waals surface area contributed by atoms with Gasteiger partial charge in [-0.25, -0.2) is 9.67 Å². The van der Waals surface area contributed by atoms with Gasteiger partial charge in [0.1, 0.15) is 12.7 Å². The Labute approximate surface area is 64.8 Å². The Morgan fingerprint density at radius 3 is 2.91 bits per heavy atom. The molecule has 11 heavy (non-hydrogen) atoms. The minimum atomic E-state index is 0.360. The van der Waals surface area contributed by atoms with Crippen molar-refractivity contribution in [2.24, 2.45) is 5.73 Å². The van der Waals surface area contributed by atoms with Crippen LogP contribution < -0.4 is 5.73 Å². The zero-order valence-corrected chi connectivity index (χ0v) is 6.22. The minimum absolute atomic E-state index is 0.360. The fraction of sp³-hybridized carbons (Fsp3) is 0.667. The third-order valence-electron chi connectivity index (χ3n) is 1.80. The lowest BCUT2D eigenvalue weighted by Gasteiger charge is -2.36. The highest BCUT2D eigenvalue weighted by Crippen LogP contribution is 2.05. The number of rotatable bonds is 2. The van der Waals surface area contributed by atoms with Crippen molar-refractivity contribution >= 4 is 0 Å². The molecule has 0 amide bonds. The number of hydrogen-bond acceptors (Lipinski definition) is 4. The van der Waals surface area contributed by atoms with Gasteiger partial charge in [0.2, 0.25) is 0 Å². The third kappa shape index (κ3) is 1.38. The summed E-state index contributed by atoms with van der Waals surface area (Å²) in [6.45, 7) is 2.76. The Morgan fingerprint density at radius 2 is 2.36 bits per heavy atom. The van der Waals surface area contributed by atoms with E-state index in [9.17, 15) is 0 Å². The van der Waals surface area contributed by atoms with Gasteiger partial charge < -0.3 is 5.73 Å². The van der Waals surface area contributed by atoms with Gasteiger partial charge in [0.05, 0.1) is 6.67 Å². The number of aromatic nitrogens is 3. The molecule has 0 aromatic carbocycles. The lowest BCUT2D eigenvalue weighted by molar-refractivity contribution is 0.104. The molecule has 1 aromatic heterocycles. The van der Waals surface area contributed by atoms with Crippen LogP contribution in [0.5, 0.6) is 0 Å². The van der Waals surface area contributed by atoms with E-state index in [1.165, 1.54) is 0 Å². The van der Waals surface area contributed by atoms with Crippen molar-refractivity contribution < 1.29 is 0 Å². The van der Waals surface area contributed by atoms with Crippen LogP contribution in [0.1, 0.15) is 0 Å². The first kappa shape index (κ1) is 6.75. The SMILES string of the molecule is NC1CN(Cn2cncn2)C1. The molecule has 2 N–H and O–H groups in total. The first-order valence-electron chi connectivity index (χ1n) is 3.65. The van der Waals surface area contributed by atoms with E-state index in [4.69, 9.17) is 5.73 Å². The molecule has 5 nitrogen and oxygen atoms in total. The minimum Gasteiger partial charge on any atom is -0.325 e. The molecule has 60 valence electrons. The smallest absolute Gasteiger partial charge is 0.137 e. The summed E-state index contributed by atoms with van der Waals surface area (Å²) >= 11 is 0. The summed E-state index contributed by atoms with van der Waals surface area (Å²) in [4.78, 5) is 6.07. The Balaban J connectivity index is 1.84. The van der Waals surface area contributed by atoms with Crippen LogP contribution in [0.2, 0.25) is 0 Å². The van der Waals surface area contributed by atoms with Crippen molar-refractivity contribution in [2.45, 2.75) is 12.7 Å². The fourth-order valence-corrected chi connectivity index (χ4v) is 1.24. The van der Waals surface area contributed by atoms with E-state index in [-0.39, 0.29) is 0 Å². The summed E-state index contributed by atoms with van der Waals surface area (Å²) in [5.74, 6) is 0. The lowest BCUT2D eigenvalue weighted by Crippen LogP contribution is -2.55. The topological polar surface area (TPSA) is 60.0 Å². The van der Waals surface area contributed by atoms with E-state index in [0.717, 1.165) is 19.8 Å². The molecule has 1 aliphatic heterocycles. The van der Waals surface area contributed by atoms with Crippen LogP contribution in [0, 0.1) is 0 Å². The van der Waals surface area contributed by atoms with Gasteiger partial charge >= 0.3 is 0 Å². The Bertz CT molecular complexity index is 213. The zero-order valence-electron chi connectivity index (χ0n) is 6.22. The normalized spacial score (nSPS) is 20.1. The van der Waals surface area contributed by atoms with Gasteiger partial charge in [-0.2, -0.15) is 5.10 Å². The summed E-state index contributed by atoms with van der Waals surface area (Å²) in [5.41, 5.74) is 5.61. The van der Waals surface area contributed by atoms with E-state index in [2.05, 4.69) is 15.0 Å². The molecule has 0 atom stereocenters. The van der Waals surface area contributed by atoms with Crippen molar-refractivity contribution in [3.05, 3.63) is 12.7 Å². The molecular formula is C6H11N5. The molecule has 1 aliphatic rings. The molecule has 0 bridgehead atoms. The highest BCUT2D eigenvalue weighted by Gasteiger charge is 2.22. The maximum Gasteiger partial charge on any atom is 0.137 e. The molecule has 5 heteroatoms. The molecule has 0 spiro atoms. The molecule has 0 saturated carbocycles. The van der Waals surface area contributed by atoms with Crippen molar-refractivity contribution in [3.8, 4) is 0 Å². The summed E-state index contributed by atoms with van der Waals surface area (Å²) in [6.07, 6.45) is 3.25. The Hall–Kier alpha value is -0.940. The quantitative estimate of drug-likeness (QED) is 0.584. The van der Waals surface area contributed by atoms with Crippen LogP contribution in [0.4, 0.5) is 0 Å². The number of likely N-dealkylation sites (tertiary alicyclic amines) is 1. The van der Waals surface area contributed by atoms with E-state index < -0.39 is 0 Å². The second-order valence-corrected chi connectivity index (χ2v) is 2.87. The summed E-state index contributed by atoms with van der Waals surface area (Å²) in [5, 5.41) is 3.99. The summed E-state index contributed by atoms with van der Waals surface area (Å²) < 4.78 is 1.80. The van der Waals surface area contributed by atoms with Crippen LogP contribution in [0.25, 0.3) is 0 Å². The number of hydrogen-bond donors (Lipinski definition) is 1. The first-order valence-corrected chi connectivity index (χ1v) is 3.65. The molecule has 0 radical (unpaired) electrons. The number of nitrogens with two attached hydrogens (primary N) is 1. The molecule has 0 unspecified atom stereocenters. The highest BCUT2D eigenvalue weighted by molar-refractivity contribution is 4.80. The van der Waals surface area contributed by atoms with Crippen LogP contribution in [-0.2, 0) is 6.67 Å². The predicted octanol–water partition coefficient (Wildman–Crippen LogP) is -1.12. The van der Waals surface area contributed by atoms with Crippen LogP contribution in [0.15, 0.2) is 12.7 Å². The van der Waals surface area contributed by atoms with Crippen LogP contribution >= 0.6 is 0 Å². The van der Waals surface area contributed by atoms with Crippen molar-refractivity contribution in [3.63, 3.8) is 0 Å². The van der Waals surface area contributed by atoms with E-state index in [1.54, 1.807) is 17.3 Å². The second kappa shape index (κ2) is 2.60. The fourth-order valence-electron chi connectivity index (χ4n) is 1.24. The molecule has 1 saturated heterocycles. The average Bonchev–Trinajstić information content (AvgIpc) is 2.36. The van der Waals surface area contributed by atoms with Gasteiger partial charge in [0.25, 0.3) is 0 Å². The monoisotopic (exact) mass is 153 g/mol. The van der Waals surface area contributed by atoms with Gasteiger partial charge in [0.15, 0.2) is 0 Å². The maximum absolute atomic E-state index is 5.61. The lowest BCUT2D eigenvalue weighted by atomic mass is 10.1. The van der Waals surface area contributed by atoms with Crippen molar-refractivity contribution in [2.75, 3.05) is 13.1 Å². The molecule has 2 rings (SSSR count). The summed E-state index contributed by atoms with van der Waals surface area (Å²) in [6, 6.07) is 0.360. The highest BCUT2D eigenvalue weighted by atomic mass is 15.4. The van der Waals surface area contributed by atoms with Gasteiger partial charge in [-0.3, -0.25) is 4.90 Å². The van der Waals surface area contributed by atoms with Gasteiger partial charge in [-0.05, 0) is 0 Å². The Kier molecular flexibility index (Phi) is 1.59. The first-order chi connectivity index (χ1) is 5.34. The largest absolute Gasteiger partial charge is 0.325 e. The van der Waals surface area contributed by atoms with Crippen LogP contribution in [0.3, 0.4) is 0 Å². The van der Waals surface area contributed by atoms with Gasteiger partial charge in [-0.1, -0.05) is 0 Å². The molecular weight excluding hydrogens is 142 g/mol. The molecule has 2 heterocycles. The van der Waals surface area contributed by atoms with Gasteiger partial charge in [-0.15, -0.1) is 0 Å². The predicted molar refractivity (Wildman–Crippen MR) is 39.6 cm³/mol. The van der Waals surface area contributed by atoms with Crippen molar-refractivity contribution in [1.82, 2.24) is 19.7 Å². The standard InChI is InChI=1S/C6H11N5/c7-6-1-10(2-6)5-11-4-8-3-9-11/h3-4,6H,1-2,5,7H2. The molecule has 1 aromatic rings. The third-order valence-corrected chi connectivity index (χ3v) is 1.80. The van der Waals surface area contributed by atoms with E-state index >= 15 is 0 Å². The summed E-state index contributed by atoms with van der Waals surface area (Å²) in [7, 11) is 0. The van der Waals surface area contributed by atoms with Crippen LogP contribution in [-0.4, -0.2) is 38.8 Å². The molecule has 0 aliphatic carbocycles. The van der Waals surface area contributed by atoms with Crippen molar-refractivity contribution in [1.29, 1.82) is 0 Å².